The molecule has 0 unspecified atom stereocenters. The molecular weight excluding hydrogens is 258 g/mol. The monoisotopic (exact) mass is 275 g/mol. The molecular formula is C13H17N5O2. The van der Waals surface area contributed by atoms with Gasteiger partial charge in [-0.25, -0.2) is 9.97 Å². The van der Waals surface area contributed by atoms with E-state index in [2.05, 4.69) is 15.3 Å². The fourth-order valence-electron chi connectivity index (χ4n) is 2.00. The molecule has 0 radical (unpaired) electrons. The maximum absolute atomic E-state index is 11.7. The molecule has 0 aliphatic carbocycles. The lowest BCUT2D eigenvalue weighted by Crippen LogP contribution is -2.34. The zero-order valence-corrected chi connectivity index (χ0v) is 11.2. The summed E-state index contributed by atoms with van der Waals surface area (Å²) in [5.41, 5.74) is 0.423. The molecule has 0 atom stereocenters. The summed E-state index contributed by atoms with van der Waals surface area (Å²) in [6, 6.07) is 2.03. The number of anilines is 1. The molecule has 1 amide bonds. The summed E-state index contributed by atoms with van der Waals surface area (Å²) in [4.78, 5) is 21.3. The van der Waals surface area contributed by atoms with E-state index in [4.69, 9.17) is 10.00 Å². The van der Waals surface area contributed by atoms with Crippen molar-refractivity contribution >= 4 is 11.7 Å². The zero-order chi connectivity index (χ0) is 14.2. The van der Waals surface area contributed by atoms with E-state index < -0.39 is 0 Å². The Morgan fingerprint density at radius 2 is 2.45 bits per heavy atom. The average Bonchev–Trinajstić information content (AvgIpc) is 2.69. The van der Waals surface area contributed by atoms with E-state index in [1.807, 2.05) is 11.0 Å². The number of ether oxygens (including phenoxy) is 1. The molecule has 1 saturated heterocycles. The number of aromatic nitrogens is 2. The first-order chi connectivity index (χ1) is 9.81. The Kier molecular flexibility index (Phi) is 5.26. The number of carbonyl (C=O) groups excluding carboxylic acids is 1. The van der Waals surface area contributed by atoms with Crippen LogP contribution in [-0.2, 0) is 9.53 Å². The number of hydrogen-bond donors (Lipinski definition) is 1. The van der Waals surface area contributed by atoms with Gasteiger partial charge >= 0.3 is 0 Å². The highest BCUT2D eigenvalue weighted by Gasteiger charge is 2.16. The minimum atomic E-state index is 0.0438. The van der Waals surface area contributed by atoms with Crippen molar-refractivity contribution in [3.05, 3.63) is 18.1 Å². The number of nitriles is 1. The third-order valence-corrected chi connectivity index (χ3v) is 3.02. The summed E-state index contributed by atoms with van der Waals surface area (Å²) in [7, 11) is 0. The molecule has 0 aromatic carbocycles. The topological polar surface area (TPSA) is 91.1 Å². The number of nitrogens with one attached hydrogen (secondary N) is 1. The summed E-state index contributed by atoms with van der Waals surface area (Å²) in [5.74, 6) is 0.579. The molecule has 1 fully saturated rings. The van der Waals surface area contributed by atoms with Crippen molar-refractivity contribution in [3.8, 4) is 6.07 Å². The highest BCUT2D eigenvalue weighted by molar-refractivity contribution is 5.77. The van der Waals surface area contributed by atoms with Crippen LogP contribution in [0.4, 0.5) is 5.82 Å². The van der Waals surface area contributed by atoms with E-state index in [9.17, 15) is 4.79 Å². The molecule has 1 aromatic rings. The van der Waals surface area contributed by atoms with Crippen LogP contribution in [0.1, 0.15) is 18.4 Å². The zero-order valence-electron chi connectivity index (χ0n) is 11.2. The normalized spacial score (nSPS) is 15.6. The number of amides is 1. The van der Waals surface area contributed by atoms with Crippen LogP contribution in [0.25, 0.3) is 0 Å². The Labute approximate surface area is 117 Å². The van der Waals surface area contributed by atoms with Gasteiger partial charge in [-0.05, 0) is 12.8 Å². The maximum atomic E-state index is 11.7. The van der Waals surface area contributed by atoms with Gasteiger partial charge in [-0.15, -0.1) is 0 Å². The number of carbonyl (C=O) groups is 1. The molecule has 0 bridgehead atoms. The van der Waals surface area contributed by atoms with Crippen LogP contribution in [-0.4, -0.2) is 53.6 Å². The van der Waals surface area contributed by atoms with E-state index in [0.717, 1.165) is 19.4 Å². The van der Waals surface area contributed by atoms with Gasteiger partial charge in [-0.3, -0.25) is 4.79 Å². The van der Waals surface area contributed by atoms with Crippen LogP contribution >= 0.6 is 0 Å². The molecule has 1 N–H and O–H groups in total. The molecule has 1 aromatic heterocycles. The smallest absolute Gasteiger partial charge is 0.248 e. The first-order valence-corrected chi connectivity index (χ1v) is 6.61. The quantitative estimate of drug-likeness (QED) is 0.782. The molecule has 20 heavy (non-hydrogen) atoms. The summed E-state index contributed by atoms with van der Waals surface area (Å²) in [6.45, 7) is 2.90. The molecule has 0 spiro atoms. The van der Waals surface area contributed by atoms with Crippen LogP contribution in [0.5, 0.6) is 0 Å². The Hall–Kier alpha value is -2.20. The molecule has 2 rings (SSSR count). The van der Waals surface area contributed by atoms with Crippen LogP contribution in [0.3, 0.4) is 0 Å². The largest absolute Gasteiger partial charge is 0.372 e. The second-order valence-corrected chi connectivity index (χ2v) is 4.46. The predicted molar refractivity (Wildman–Crippen MR) is 71.9 cm³/mol. The van der Waals surface area contributed by atoms with Crippen LogP contribution in [0.2, 0.25) is 0 Å². The third kappa shape index (κ3) is 3.90. The van der Waals surface area contributed by atoms with E-state index >= 15 is 0 Å². The van der Waals surface area contributed by atoms with Gasteiger partial charge in [0, 0.05) is 26.2 Å². The van der Waals surface area contributed by atoms with Crippen molar-refractivity contribution in [2.24, 2.45) is 0 Å². The highest BCUT2D eigenvalue weighted by atomic mass is 16.5. The van der Waals surface area contributed by atoms with E-state index in [1.165, 1.54) is 12.5 Å². The van der Waals surface area contributed by atoms with E-state index in [0.29, 0.717) is 31.1 Å². The lowest BCUT2D eigenvalue weighted by atomic mass is 10.3. The number of nitrogens with zero attached hydrogens (tertiary/aromatic N) is 4. The Morgan fingerprint density at radius 1 is 1.55 bits per heavy atom. The Bertz CT molecular complexity index is 500. The van der Waals surface area contributed by atoms with Gasteiger partial charge in [0.15, 0.2) is 0 Å². The van der Waals surface area contributed by atoms with Crippen molar-refractivity contribution in [2.45, 2.75) is 12.8 Å². The summed E-state index contributed by atoms with van der Waals surface area (Å²) in [6.07, 6.45) is 4.55. The lowest BCUT2D eigenvalue weighted by Gasteiger charge is -2.19. The first kappa shape index (κ1) is 14.2. The molecule has 1 aliphatic rings. The predicted octanol–water partition coefficient (Wildman–Crippen LogP) is 0.399. The fraction of sp³-hybridized carbons (Fsp3) is 0.538. The first-order valence-electron chi connectivity index (χ1n) is 6.61. The van der Waals surface area contributed by atoms with Gasteiger partial charge in [-0.2, -0.15) is 5.26 Å². The SMILES string of the molecule is N#Cc1cncnc1NCCCN1CCCOCC1=O. The average molecular weight is 275 g/mol. The second kappa shape index (κ2) is 7.40. The van der Waals surface area contributed by atoms with Gasteiger partial charge in [0.25, 0.3) is 0 Å². The molecule has 2 heterocycles. The number of rotatable bonds is 5. The molecule has 1 aliphatic heterocycles. The lowest BCUT2D eigenvalue weighted by molar-refractivity contribution is -0.133. The fourth-order valence-corrected chi connectivity index (χ4v) is 2.00. The standard InChI is InChI=1S/C13H17N5O2/c14-7-11-8-15-10-17-13(11)16-3-1-4-18-5-2-6-20-9-12(18)19/h8,10H,1-6,9H2,(H,15,16,17). The van der Waals surface area contributed by atoms with Gasteiger partial charge in [0.2, 0.25) is 5.91 Å². The van der Waals surface area contributed by atoms with Gasteiger partial charge in [-0.1, -0.05) is 0 Å². The highest BCUT2D eigenvalue weighted by Crippen LogP contribution is 2.08. The summed E-state index contributed by atoms with van der Waals surface area (Å²) >= 11 is 0. The van der Waals surface area contributed by atoms with Gasteiger partial charge < -0.3 is 15.0 Å². The van der Waals surface area contributed by atoms with Crippen molar-refractivity contribution < 1.29 is 9.53 Å². The maximum Gasteiger partial charge on any atom is 0.248 e. The van der Waals surface area contributed by atoms with Crippen molar-refractivity contribution in [1.29, 1.82) is 5.26 Å². The Balaban J connectivity index is 1.76. The summed E-state index contributed by atoms with van der Waals surface area (Å²) in [5, 5.41) is 12.0. The minimum Gasteiger partial charge on any atom is -0.372 e. The van der Waals surface area contributed by atoms with Crippen molar-refractivity contribution in [3.63, 3.8) is 0 Å². The van der Waals surface area contributed by atoms with Gasteiger partial charge in [0.05, 0.1) is 6.20 Å². The number of hydrogen-bond acceptors (Lipinski definition) is 6. The molecule has 0 saturated carbocycles. The molecule has 106 valence electrons. The molecule has 7 heteroatoms. The van der Waals surface area contributed by atoms with Crippen molar-refractivity contribution in [1.82, 2.24) is 14.9 Å². The van der Waals surface area contributed by atoms with E-state index in [-0.39, 0.29) is 12.5 Å². The minimum absolute atomic E-state index is 0.0438. The summed E-state index contributed by atoms with van der Waals surface area (Å²) < 4.78 is 5.18. The molecule has 7 nitrogen and oxygen atoms in total. The van der Waals surface area contributed by atoms with Crippen LogP contribution < -0.4 is 5.32 Å². The van der Waals surface area contributed by atoms with Crippen LogP contribution in [0.15, 0.2) is 12.5 Å². The van der Waals surface area contributed by atoms with Crippen molar-refractivity contribution in [2.75, 3.05) is 38.2 Å². The Morgan fingerprint density at radius 3 is 3.30 bits per heavy atom. The van der Waals surface area contributed by atoms with Gasteiger partial charge in [0.1, 0.15) is 30.4 Å². The second-order valence-electron chi connectivity index (χ2n) is 4.46. The third-order valence-electron chi connectivity index (χ3n) is 3.02. The van der Waals surface area contributed by atoms with E-state index in [1.54, 1.807) is 0 Å². The van der Waals surface area contributed by atoms with Crippen LogP contribution in [0, 0.1) is 11.3 Å².